The highest BCUT2D eigenvalue weighted by molar-refractivity contribution is 6.02. The van der Waals surface area contributed by atoms with Gasteiger partial charge < -0.3 is 19.8 Å². The number of nitrogens with one attached hydrogen (secondary N) is 2. The van der Waals surface area contributed by atoms with E-state index in [1.54, 1.807) is 48.2 Å². The number of carbonyl (C=O) groups excluding carboxylic acids is 3. The van der Waals surface area contributed by atoms with Crippen LogP contribution in [-0.2, 0) is 9.53 Å². The minimum absolute atomic E-state index is 0.205. The van der Waals surface area contributed by atoms with Gasteiger partial charge in [0.25, 0.3) is 5.91 Å². The molecule has 2 N–H and O–H groups in total. The molecule has 152 valence electrons. The number of esters is 1. The Morgan fingerprint density at radius 1 is 1.24 bits per heavy atom. The van der Waals surface area contributed by atoms with Crippen molar-refractivity contribution in [2.75, 3.05) is 19.0 Å². The number of methoxy groups -OCH3 is 1. The normalized spacial score (nSPS) is 16.4. The summed E-state index contributed by atoms with van der Waals surface area (Å²) in [6.45, 7) is 4.20. The van der Waals surface area contributed by atoms with Gasteiger partial charge in [-0.2, -0.15) is 0 Å². The van der Waals surface area contributed by atoms with Gasteiger partial charge in [0.15, 0.2) is 5.76 Å². The van der Waals surface area contributed by atoms with E-state index < -0.39 is 12.0 Å². The Balaban J connectivity index is 1.87. The fourth-order valence-corrected chi connectivity index (χ4v) is 3.26. The van der Waals surface area contributed by atoms with E-state index in [1.807, 2.05) is 6.92 Å². The van der Waals surface area contributed by atoms with Crippen LogP contribution in [0, 0.1) is 0 Å². The second-order valence-corrected chi connectivity index (χ2v) is 6.58. The zero-order valence-corrected chi connectivity index (χ0v) is 16.5. The first-order chi connectivity index (χ1) is 14.0. The van der Waals surface area contributed by atoms with Gasteiger partial charge >= 0.3 is 12.0 Å². The molecule has 2 heterocycles. The van der Waals surface area contributed by atoms with Crippen LogP contribution in [0.25, 0.3) is 0 Å². The van der Waals surface area contributed by atoms with Gasteiger partial charge in [0.2, 0.25) is 0 Å². The molecule has 3 amide bonds. The summed E-state index contributed by atoms with van der Waals surface area (Å²) in [7, 11) is 1.31. The molecule has 8 heteroatoms. The topological polar surface area (TPSA) is 101 Å². The maximum Gasteiger partial charge on any atom is 0.337 e. The van der Waals surface area contributed by atoms with Crippen LogP contribution in [0.1, 0.15) is 42.4 Å². The molecule has 2 aromatic rings. The zero-order valence-electron chi connectivity index (χ0n) is 16.5. The quantitative estimate of drug-likeness (QED) is 0.727. The molecular formula is C21H23N3O5. The third-order valence-electron chi connectivity index (χ3n) is 4.70. The summed E-state index contributed by atoms with van der Waals surface area (Å²) in [6, 6.07) is 9.18. The average molecular weight is 397 g/mol. The van der Waals surface area contributed by atoms with Crippen LogP contribution in [0.4, 0.5) is 10.5 Å². The van der Waals surface area contributed by atoms with Crippen LogP contribution in [0.2, 0.25) is 0 Å². The minimum Gasteiger partial charge on any atom is -0.466 e. The lowest BCUT2D eigenvalue weighted by Gasteiger charge is -2.35. The highest BCUT2D eigenvalue weighted by Crippen LogP contribution is 2.32. The minimum atomic E-state index is -0.641. The fourth-order valence-electron chi connectivity index (χ4n) is 3.26. The largest absolute Gasteiger partial charge is 0.466 e. The van der Waals surface area contributed by atoms with E-state index in [2.05, 4.69) is 10.6 Å². The molecule has 1 aromatic carbocycles. The molecule has 1 atom stereocenters. The van der Waals surface area contributed by atoms with E-state index in [0.29, 0.717) is 29.1 Å². The number of hydrogen-bond acceptors (Lipinski definition) is 5. The Morgan fingerprint density at radius 2 is 1.97 bits per heavy atom. The molecule has 0 bridgehead atoms. The molecule has 0 aliphatic carbocycles. The monoisotopic (exact) mass is 397 g/mol. The van der Waals surface area contributed by atoms with Crippen LogP contribution in [0.15, 0.2) is 58.3 Å². The molecule has 0 radical (unpaired) electrons. The van der Waals surface area contributed by atoms with E-state index in [9.17, 15) is 14.4 Å². The zero-order chi connectivity index (χ0) is 21.0. The molecule has 0 fully saturated rings. The number of urea groups is 1. The summed E-state index contributed by atoms with van der Waals surface area (Å²) >= 11 is 0. The Bertz CT molecular complexity index is 932. The first-order valence-corrected chi connectivity index (χ1v) is 9.28. The predicted molar refractivity (Wildman–Crippen MR) is 106 cm³/mol. The summed E-state index contributed by atoms with van der Waals surface area (Å²) in [4.78, 5) is 38.6. The van der Waals surface area contributed by atoms with Crippen molar-refractivity contribution in [1.29, 1.82) is 0 Å². The van der Waals surface area contributed by atoms with Crippen LogP contribution >= 0.6 is 0 Å². The highest BCUT2D eigenvalue weighted by Gasteiger charge is 2.35. The van der Waals surface area contributed by atoms with E-state index in [1.165, 1.54) is 13.4 Å². The fraction of sp³-hybridized carbons (Fsp3) is 0.286. The molecule has 3 rings (SSSR count). The van der Waals surface area contributed by atoms with Gasteiger partial charge in [-0.3, -0.25) is 9.69 Å². The molecule has 0 spiro atoms. The standard InChI is InChI=1S/C21H23N3O5/c1-4-11-24-13(2)17(20(26)28-3)18(23-21(24)27)14-7-9-15(10-8-14)22-19(25)16-6-5-12-29-16/h5-10,12,18H,4,11H2,1-3H3,(H,22,25)(H,23,27). The number of amides is 3. The van der Waals surface area contributed by atoms with Crippen LogP contribution < -0.4 is 10.6 Å². The van der Waals surface area contributed by atoms with Crippen LogP contribution in [0.5, 0.6) is 0 Å². The molecule has 0 saturated carbocycles. The number of nitrogens with zero attached hydrogens (tertiary/aromatic N) is 1. The van der Waals surface area contributed by atoms with Crippen molar-refractivity contribution in [3.63, 3.8) is 0 Å². The van der Waals surface area contributed by atoms with Gasteiger partial charge in [0.1, 0.15) is 0 Å². The number of anilines is 1. The van der Waals surface area contributed by atoms with E-state index in [4.69, 9.17) is 9.15 Å². The van der Waals surface area contributed by atoms with Crippen molar-refractivity contribution in [1.82, 2.24) is 10.2 Å². The Hall–Kier alpha value is -3.55. The summed E-state index contributed by atoms with van der Waals surface area (Å²) in [5, 5.41) is 5.60. The molecule has 1 aromatic heterocycles. The maximum absolute atomic E-state index is 12.5. The number of ether oxygens (including phenoxy) is 1. The highest BCUT2D eigenvalue weighted by atomic mass is 16.5. The van der Waals surface area contributed by atoms with Gasteiger partial charge in [-0.05, 0) is 43.2 Å². The van der Waals surface area contributed by atoms with Crippen molar-refractivity contribution >= 4 is 23.6 Å². The van der Waals surface area contributed by atoms with E-state index >= 15 is 0 Å². The Labute approximate surface area is 168 Å². The summed E-state index contributed by atoms with van der Waals surface area (Å²) < 4.78 is 10.0. The molecule has 1 unspecified atom stereocenters. The van der Waals surface area contributed by atoms with Crippen molar-refractivity contribution in [2.45, 2.75) is 26.3 Å². The summed E-state index contributed by atoms with van der Waals surface area (Å²) in [6.07, 6.45) is 2.18. The summed E-state index contributed by atoms with van der Waals surface area (Å²) in [5.74, 6) is -0.658. The lowest BCUT2D eigenvalue weighted by molar-refractivity contribution is -0.136. The number of benzene rings is 1. The lowest BCUT2D eigenvalue weighted by Crippen LogP contribution is -2.48. The summed E-state index contributed by atoms with van der Waals surface area (Å²) in [5.41, 5.74) is 2.21. The first-order valence-electron chi connectivity index (χ1n) is 9.28. The lowest BCUT2D eigenvalue weighted by atomic mass is 9.94. The van der Waals surface area contributed by atoms with Gasteiger partial charge in [0, 0.05) is 17.9 Å². The number of furan rings is 1. The maximum atomic E-state index is 12.5. The second-order valence-electron chi connectivity index (χ2n) is 6.58. The molecular weight excluding hydrogens is 374 g/mol. The van der Waals surface area contributed by atoms with Crippen molar-refractivity contribution in [3.05, 3.63) is 65.3 Å². The number of rotatable bonds is 6. The predicted octanol–water partition coefficient (Wildman–Crippen LogP) is 3.46. The smallest absolute Gasteiger partial charge is 0.337 e. The van der Waals surface area contributed by atoms with E-state index in [-0.39, 0.29) is 17.7 Å². The first kappa shape index (κ1) is 20.2. The Morgan fingerprint density at radius 3 is 2.55 bits per heavy atom. The van der Waals surface area contributed by atoms with Gasteiger partial charge in [0.05, 0.1) is 25.0 Å². The van der Waals surface area contributed by atoms with Gasteiger partial charge in [-0.1, -0.05) is 19.1 Å². The number of carbonyl (C=O) groups is 3. The third kappa shape index (κ3) is 4.16. The number of allylic oxidation sites excluding steroid dienone is 1. The van der Waals surface area contributed by atoms with Crippen LogP contribution in [-0.4, -0.2) is 36.5 Å². The van der Waals surface area contributed by atoms with Crippen molar-refractivity contribution < 1.29 is 23.5 Å². The van der Waals surface area contributed by atoms with Crippen molar-refractivity contribution in [3.8, 4) is 0 Å². The Kier molecular flexibility index (Phi) is 6.01. The van der Waals surface area contributed by atoms with E-state index in [0.717, 1.165) is 6.42 Å². The third-order valence-corrected chi connectivity index (χ3v) is 4.70. The van der Waals surface area contributed by atoms with Gasteiger partial charge in [-0.15, -0.1) is 0 Å². The molecule has 29 heavy (non-hydrogen) atoms. The molecule has 1 aliphatic rings. The van der Waals surface area contributed by atoms with Crippen LogP contribution in [0.3, 0.4) is 0 Å². The molecule has 1 aliphatic heterocycles. The van der Waals surface area contributed by atoms with Crippen molar-refractivity contribution in [2.24, 2.45) is 0 Å². The number of hydrogen-bond donors (Lipinski definition) is 2. The molecule has 0 saturated heterocycles. The van der Waals surface area contributed by atoms with Gasteiger partial charge in [-0.25, -0.2) is 9.59 Å². The molecule has 8 nitrogen and oxygen atoms in total. The average Bonchev–Trinajstić information content (AvgIpc) is 3.26. The second kappa shape index (κ2) is 8.64. The SMILES string of the molecule is CCCN1C(=O)NC(c2ccc(NC(=O)c3ccco3)cc2)C(C(=O)OC)=C1C.